The first-order chi connectivity index (χ1) is 10.0. The van der Waals surface area contributed by atoms with Gasteiger partial charge in [0.1, 0.15) is 17.8 Å². The summed E-state index contributed by atoms with van der Waals surface area (Å²) in [5, 5.41) is 6.01. The van der Waals surface area contributed by atoms with E-state index in [0.29, 0.717) is 18.1 Å². The summed E-state index contributed by atoms with van der Waals surface area (Å²) in [5.41, 5.74) is 2.62. The Morgan fingerprint density at radius 1 is 1.19 bits per heavy atom. The lowest BCUT2D eigenvalue weighted by atomic mass is 10.1. The minimum atomic E-state index is -0.204. The summed E-state index contributed by atoms with van der Waals surface area (Å²) in [6.07, 6.45) is 1.39. The molecule has 2 N–H and O–H groups in total. The fourth-order valence-corrected chi connectivity index (χ4v) is 1.84. The number of aryl methyl sites for hydroxylation is 1. The zero-order valence-corrected chi connectivity index (χ0v) is 12.6. The van der Waals surface area contributed by atoms with Crippen LogP contribution in [-0.4, -0.2) is 21.9 Å². The fourth-order valence-electron chi connectivity index (χ4n) is 1.84. The molecule has 0 radical (unpaired) electrons. The van der Waals surface area contributed by atoms with Crippen molar-refractivity contribution in [3.05, 3.63) is 53.5 Å². The molecule has 2 aromatic rings. The molecule has 0 bridgehead atoms. The number of carbonyl (C=O) groups is 1. The van der Waals surface area contributed by atoms with Gasteiger partial charge in [-0.3, -0.25) is 4.79 Å². The van der Waals surface area contributed by atoms with E-state index in [4.69, 9.17) is 0 Å². The number of nitrogens with one attached hydrogen (secondary N) is 2. The van der Waals surface area contributed by atoms with Crippen molar-refractivity contribution < 1.29 is 4.79 Å². The molecule has 2 rings (SSSR count). The zero-order chi connectivity index (χ0) is 15.2. The van der Waals surface area contributed by atoms with Crippen molar-refractivity contribution in [2.45, 2.75) is 33.4 Å². The largest absolute Gasteiger partial charge is 0.368 e. The van der Waals surface area contributed by atoms with Crippen molar-refractivity contribution >= 4 is 11.7 Å². The zero-order valence-electron chi connectivity index (χ0n) is 12.6. The average Bonchev–Trinajstić information content (AvgIpc) is 2.46. The second-order valence-electron chi connectivity index (χ2n) is 5.26. The maximum Gasteiger partial charge on any atom is 0.270 e. The van der Waals surface area contributed by atoms with Crippen molar-refractivity contribution in [1.82, 2.24) is 15.3 Å². The Morgan fingerprint density at radius 3 is 2.57 bits per heavy atom. The van der Waals surface area contributed by atoms with Crippen LogP contribution >= 0.6 is 0 Å². The maximum atomic E-state index is 12.1. The van der Waals surface area contributed by atoms with E-state index in [1.165, 1.54) is 11.9 Å². The minimum absolute atomic E-state index is 0.204. The quantitative estimate of drug-likeness (QED) is 0.885. The van der Waals surface area contributed by atoms with Gasteiger partial charge in [-0.2, -0.15) is 0 Å². The first kappa shape index (κ1) is 15.0. The third kappa shape index (κ3) is 4.56. The van der Waals surface area contributed by atoms with E-state index in [2.05, 4.69) is 20.6 Å². The van der Waals surface area contributed by atoms with E-state index in [9.17, 15) is 4.79 Å². The maximum absolute atomic E-state index is 12.1. The number of amides is 1. The van der Waals surface area contributed by atoms with Crippen LogP contribution in [0.1, 0.15) is 35.5 Å². The predicted octanol–water partition coefficient (Wildman–Crippen LogP) is 2.54. The monoisotopic (exact) mass is 284 g/mol. The number of rotatable bonds is 5. The number of anilines is 1. The molecule has 110 valence electrons. The van der Waals surface area contributed by atoms with Gasteiger partial charge in [-0.1, -0.05) is 29.8 Å². The molecule has 1 aromatic carbocycles. The van der Waals surface area contributed by atoms with Crippen LogP contribution in [0.25, 0.3) is 0 Å². The van der Waals surface area contributed by atoms with E-state index >= 15 is 0 Å². The normalized spacial score (nSPS) is 10.5. The number of hydrogen-bond donors (Lipinski definition) is 2. The molecule has 0 aliphatic rings. The molecule has 0 fully saturated rings. The van der Waals surface area contributed by atoms with E-state index in [1.54, 1.807) is 6.07 Å². The molecule has 1 aromatic heterocycles. The Kier molecular flexibility index (Phi) is 4.87. The summed E-state index contributed by atoms with van der Waals surface area (Å²) in [6.45, 7) is 6.54. The molecule has 21 heavy (non-hydrogen) atoms. The third-order valence-electron chi connectivity index (χ3n) is 2.91. The highest BCUT2D eigenvalue weighted by atomic mass is 16.1. The first-order valence-electron chi connectivity index (χ1n) is 6.97. The number of hydrogen-bond acceptors (Lipinski definition) is 4. The van der Waals surface area contributed by atoms with Gasteiger partial charge in [0, 0.05) is 18.7 Å². The molecule has 5 nitrogen and oxygen atoms in total. The summed E-state index contributed by atoms with van der Waals surface area (Å²) in [6, 6.07) is 9.96. The lowest BCUT2D eigenvalue weighted by molar-refractivity contribution is 0.0946. The molecular weight excluding hydrogens is 264 g/mol. The topological polar surface area (TPSA) is 66.9 Å². The van der Waals surface area contributed by atoms with Gasteiger partial charge >= 0.3 is 0 Å². The van der Waals surface area contributed by atoms with Crippen molar-refractivity contribution in [2.75, 3.05) is 5.32 Å². The number of aromatic nitrogens is 2. The van der Waals surface area contributed by atoms with Crippen LogP contribution in [0.15, 0.2) is 36.7 Å². The smallest absolute Gasteiger partial charge is 0.270 e. The van der Waals surface area contributed by atoms with Crippen LogP contribution in [0.3, 0.4) is 0 Å². The molecular formula is C16H20N4O. The van der Waals surface area contributed by atoms with Gasteiger partial charge in [-0.15, -0.1) is 0 Å². The van der Waals surface area contributed by atoms with Gasteiger partial charge in [0.25, 0.3) is 5.91 Å². The number of nitrogens with zero attached hydrogens (tertiary/aromatic N) is 2. The highest BCUT2D eigenvalue weighted by Gasteiger charge is 2.08. The summed E-state index contributed by atoms with van der Waals surface area (Å²) in [5.74, 6) is 0.449. The van der Waals surface area contributed by atoms with Gasteiger partial charge < -0.3 is 10.6 Å². The van der Waals surface area contributed by atoms with Crippen LogP contribution in [0, 0.1) is 6.92 Å². The van der Waals surface area contributed by atoms with E-state index in [-0.39, 0.29) is 11.9 Å². The molecule has 0 saturated heterocycles. The standard InChI is InChI=1S/C16H20N4O/c1-11(2)20-15-8-14(18-10-19-15)16(21)17-9-13-6-4-12(3)5-7-13/h4-8,10-11H,9H2,1-3H3,(H,17,21)(H,18,19,20). The molecule has 0 atom stereocenters. The highest BCUT2D eigenvalue weighted by molar-refractivity contribution is 5.92. The number of carbonyl (C=O) groups excluding carboxylic acids is 1. The molecule has 5 heteroatoms. The Balaban J connectivity index is 1.98. The molecule has 1 amide bonds. The van der Waals surface area contributed by atoms with Crippen LogP contribution < -0.4 is 10.6 Å². The Labute approximate surface area is 124 Å². The average molecular weight is 284 g/mol. The van der Waals surface area contributed by atoms with Gasteiger partial charge in [0.05, 0.1) is 0 Å². The highest BCUT2D eigenvalue weighted by Crippen LogP contribution is 2.07. The van der Waals surface area contributed by atoms with Gasteiger partial charge in [0.2, 0.25) is 0 Å². The van der Waals surface area contributed by atoms with Crippen LogP contribution in [0.2, 0.25) is 0 Å². The SMILES string of the molecule is Cc1ccc(CNC(=O)c2cc(NC(C)C)ncn2)cc1. The summed E-state index contributed by atoms with van der Waals surface area (Å²) < 4.78 is 0. The van der Waals surface area contributed by atoms with Gasteiger partial charge in [0.15, 0.2) is 0 Å². The lowest BCUT2D eigenvalue weighted by Gasteiger charge is -2.10. The Bertz CT molecular complexity index is 608. The molecule has 0 aliphatic heterocycles. The molecule has 0 unspecified atom stereocenters. The molecule has 0 saturated carbocycles. The number of benzene rings is 1. The third-order valence-corrected chi connectivity index (χ3v) is 2.91. The van der Waals surface area contributed by atoms with Crippen molar-refractivity contribution in [1.29, 1.82) is 0 Å². The second-order valence-corrected chi connectivity index (χ2v) is 5.26. The Hall–Kier alpha value is -2.43. The first-order valence-corrected chi connectivity index (χ1v) is 6.97. The van der Waals surface area contributed by atoms with Crippen molar-refractivity contribution in [3.63, 3.8) is 0 Å². The van der Waals surface area contributed by atoms with Gasteiger partial charge in [-0.05, 0) is 26.3 Å². The molecule has 1 heterocycles. The van der Waals surface area contributed by atoms with E-state index in [0.717, 1.165) is 5.56 Å². The summed E-state index contributed by atoms with van der Waals surface area (Å²) in [7, 11) is 0. The van der Waals surface area contributed by atoms with Crippen LogP contribution in [0.4, 0.5) is 5.82 Å². The van der Waals surface area contributed by atoms with Crippen molar-refractivity contribution in [3.8, 4) is 0 Å². The van der Waals surface area contributed by atoms with E-state index < -0.39 is 0 Å². The summed E-state index contributed by atoms with van der Waals surface area (Å²) in [4.78, 5) is 20.2. The van der Waals surface area contributed by atoms with Crippen LogP contribution in [0.5, 0.6) is 0 Å². The van der Waals surface area contributed by atoms with Gasteiger partial charge in [-0.25, -0.2) is 9.97 Å². The minimum Gasteiger partial charge on any atom is -0.368 e. The van der Waals surface area contributed by atoms with Crippen LogP contribution in [-0.2, 0) is 6.54 Å². The molecule has 0 aliphatic carbocycles. The summed E-state index contributed by atoms with van der Waals surface area (Å²) >= 11 is 0. The lowest BCUT2D eigenvalue weighted by Crippen LogP contribution is -2.24. The molecule has 0 spiro atoms. The van der Waals surface area contributed by atoms with E-state index in [1.807, 2.05) is 45.0 Å². The second kappa shape index (κ2) is 6.83. The Morgan fingerprint density at radius 2 is 1.90 bits per heavy atom. The van der Waals surface area contributed by atoms with Crippen molar-refractivity contribution in [2.24, 2.45) is 0 Å². The fraction of sp³-hybridized carbons (Fsp3) is 0.312. The predicted molar refractivity (Wildman–Crippen MR) is 83.1 cm³/mol.